The van der Waals surface area contributed by atoms with Crippen molar-refractivity contribution in [1.82, 2.24) is 0 Å². The molecule has 7 nitrogen and oxygen atoms in total. The van der Waals surface area contributed by atoms with Gasteiger partial charge in [-0.15, -0.1) is 0 Å². The number of epoxide rings is 1. The minimum atomic E-state index is -0.981. The first-order chi connectivity index (χ1) is 11.9. The Morgan fingerprint density at radius 3 is 2.28 bits per heavy atom. The Balaban J connectivity index is 0.000000374. The molecule has 1 aliphatic rings. The molecule has 2 N–H and O–H groups in total. The Morgan fingerprint density at radius 2 is 1.88 bits per heavy atom. The summed E-state index contributed by atoms with van der Waals surface area (Å²) in [7, 11) is 0. The number of hydrogen-bond acceptors (Lipinski definition) is 6. The van der Waals surface area contributed by atoms with Gasteiger partial charge in [0.1, 0.15) is 18.5 Å². The van der Waals surface area contributed by atoms with Crippen LogP contribution in [-0.4, -0.2) is 48.1 Å². The highest BCUT2D eigenvalue weighted by Crippen LogP contribution is 2.13. The van der Waals surface area contributed by atoms with Crippen molar-refractivity contribution < 1.29 is 34.0 Å². The molecule has 0 radical (unpaired) electrons. The van der Waals surface area contributed by atoms with Crippen LogP contribution in [0.2, 0.25) is 0 Å². The van der Waals surface area contributed by atoms with Gasteiger partial charge < -0.3 is 24.4 Å². The van der Waals surface area contributed by atoms with E-state index in [9.17, 15) is 9.59 Å². The lowest BCUT2D eigenvalue weighted by molar-refractivity contribution is -0.142. The molecule has 25 heavy (non-hydrogen) atoms. The van der Waals surface area contributed by atoms with Gasteiger partial charge in [-0.3, -0.25) is 0 Å². The molecule has 0 saturated carbocycles. The molecule has 1 atom stereocenters. The number of aliphatic hydroxyl groups is 1. The monoisotopic (exact) mass is 352 g/mol. The molecule has 138 valence electrons. The summed E-state index contributed by atoms with van der Waals surface area (Å²) in [6.45, 7) is 9.69. The van der Waals surface area contributed by atoms with Crippen molar-refractivity contribution in [1.29, 1.82) is 0 Å². The van der Waals surface area contributed by atoms with E-state index in [1.54, 1.807) is 0 Å². The lowest BCUT2D eigenvalue weighted by Crippen LogP contribution is -2.06. The highest BCUT2D eigenvalue weighted by molar-refractivity contribution is 5.84. The van der Waals surface area contributed by atoms with Crippen molar-refractivity contribution in [3.63, 3.8) is 0 Å². The second-order valence-electron chi connectivity index (χ2n) is 4.70. The Bertz CT molecular complexity index is 536. The van der Waals surface area contributed by atoms with Gasteiger partial charge in [-0.1, -0.05) is 31.7 Å². The standard InChI is InChI=1S/C9H10O2.C6H10O3.C3H4O2/c1-2-4-8(5-3-1)10-6-9-7-11-9;1-3-4-9-6(8)5(2)7;1-2-3(4)5/h1-5,9H,6-7H2;7H,2-4H2,1H3;2H,1H2,(H,4,5). The summed E-state index contributed by atoms with van der Waals surface area (Å²) in [5.74, 6) is -1.34. The number of rotatable bonds is 7. The number of carbonyl (C=O) groups is 2. The SMILES string of the molecule is C=C(O)C(=O)OCCC.C=CC(=O)O.c1ccc(OCC2CO2)cc1. The van der Waals surface area contributed by atoms with Crippen molar-refractivity contribution in [2.75, 3.05) is 19.8 Å². The molecule has 0 bridgehead atoms. The zero-order chi connectivity index (χ0) is 19.1. The number of benzene rings is 1. The third kappa shape index (κ3) is 14.5. The third-order valence-electron chi connectivity index (χ3n) is 2.43. The zero-order valence-corrected chi connectivity index (χ0v) is 14.2. The van der Waals surface area contributed by atoms with Crippen LogP contribution in [0.3, 0.4) is 0 Å². The van der Waals surface area contributed by atoms with Gasteiger partial charge in [-0.2, -0.15) is 0 Å². The van der Waals surface area contributed by atoms with Crippen LogP contribution in [0.4, 0.5) is 0 Å². The number of aliphatic carboxylic acids is 1. The summed E-state index contributed by atoms with van der Waals surface area (Å²) < 4.78 is 14.9. The number of aliphatic hydroxyl groups excluding tert-OH is 1. The largest absolute Gasteiger partial charge is 0.502 e. The van der Waals surface area contributed by atoms with Crippen molar-refractivity contribution in [3.8, 4) is 5.75 Å². The van der Waals surface area contributed by atoms with Gasteiger partial charge in [0.25, 0.3) is 0 Å². The molecular formula is C18H24O7. The normalized spacial score (nSPS) is 13.7. The molecule has 1 unspecified atom stereocenters. The number of carbonyl (C=O) groups excluding carboxylic acids is 1. The van der Waals surface area contributed by atoms with E-state index in [1.165, 1.54) is 0 Å². The minimum Gasteiger partial charge on any atom is -0.502 e. The maximum Gasteiger partial charge on any atom is 0.372 e. The maximum absolute atomic E-state index is 10.3. The van der Waals surface area contributed by atoms with Crippen LogP contribution in [0.15, 0.2) is 55.3 Å². The van der Waals surface area contributed by atoms with E-state index in [0.717, 1.165) is 24.9 Å². The highest BCUT2D eigenvalue weighted by atomic mass is 16.6. The van der Waals surface area contributed by atoms with Crippen molar-refractivity contribution in [2.24, 2.45) is 0 Å². The van der Waals surface area contributed by atoms with Crippen molar-refractivity contribution in [2.45, 2.75) is 19.4 Å². The fourth-order valence-corrected chi connectivity index (χ4v) is 1.15. The fourth-order valence-electron chi connectivity index (χ4n) is 1.15. The summed E-state index contributed by atoms with van der Waals surface area (Å²) in [6.07, 6.45) is 1.93. The average molecular weight is 352 g/mol. The molecule has 1 heterocycles. The van der Waals surface area contributed by atoms with E-state index in [1.807, 2.05) is 37.3 Å². The van der Waals surface area contributed by atoms with Gasteiger partial charge in [-0.05, 0) is 25.1 Å². The van der Waals surface area contributed by atoms with E-state index in [2.05, 4.69) is 17.9 Å². The van der Waals surface area contributed by atoms with Crippen LogP contribution < -0.4 is 4.74 Å². The Morgan fingerprint density at radius 1 is 1.32 bits per heavy atom. The number of esters is 1. The lowest BCUT2D eigenvalue weighted by atomic mass is 10.3. The zero-order valence-electron chi connectivity index (χ0n) is 14.2. The first-order valence-corrected chi connectivity index (χ1v) is 7.60. The third-order valence-corrected chi connectivity index (χ3v) is 2.43. The second kappa shape index (κ2) is 13.6. The van der Waals surface area contributed by atoms with Crippen LogP contribution in [-0.2, 0) is 19.1 Å². The average Bonchev–Trinajstić information content (AvgIpc) is 3.44. The lowest BCUT2D eigenvalue weighted by Gasteiger charge is -2.01. The summed E-state index contributed by atoms with van der Waals surface area (Å²) in [4.78, 5) is 19.6. The van der Waals surface area contributed by atoms with Crippen LogP contribution in [0, 0.1) is 0 Å². The van der Waals surface area contributed by atoms with Crippen LogP contribution in [0.1, 0.15) is 13.3 Å². The van der Waals surface area contributed by atoms with Crippen molar-refractivity contribution >= 4 is 11.9 Å². The number of carboxylic acid groups (broad SMARTS) is 1. The van der Waals surface area contributed by atoms with Gasteiger partial charge in [0.05, 0.1) is 13.2 Å². The summed E-state index contributed by atoms with van der Waals surface area (Å²) >= 11 is 0. The quantitative estimate of drug-likeness (QED) is 0.336. The molecule has 1 aromatic carbocycles. The Kier molecular flexibility index (Phi) is 12.1. The van der Waals surface area contributed by atoms with Gasteiger partial charge in [0.15, 0.2) is 5.76 Å². The summed E-state index contributed by atoms with van der Waals surface area (Å²) in [5.41, 5.74) is 0. The van der Waals surface area contributed by atoms with Gasteiger partial charge in [0.2, 0.25) is 0 Å². The summed E-state index contributed by atoms with van der Waals surface area (Å²) in [6, 6.07) is 9.79. The van der Waals surface area contributed by atoms with Crippen LogP contribution >= 0.6 is 0 Å². The first-order valence-electron chi connectivity index (χ1n) is 7.60. The number of carboxylic acids is 1. The second-order valence-corrected chi connectivity index (χ2v) is 4.70. The van der Waals surface area contributed by atoms with E-state index < -0.39 is 17.7 Å². The molecular weight excluding hydrogens is 328 g/mol. The van der Waals surface area contributed by atoms with E-state index >= 15 is 0 Å². The van der Waals surface area contributed by atoms with E-state index in [0.29, 0.717) is 19.3 Å². The van der Waals surface area contributed by atoms with E-state index in [4.69, 9.17) is 19.7 Å². The first kappa shape index (κ1) is 22.2. The summed E-state index contributed by atoms with van der Waals surface area (Å²) in [5, 5.41) is 16.0. The van der Waals surface area contributed by atoms with Crippen molar-refractivity contribution in [3.05, 3.63) is 55.3 Å². The molecule has 1 aliphatic heterocycles. The van der Waals surface area contributed by atoms with Gasteiger partial charge in [0, 0.05) is 6.08 Å². The van der Waals surface area contributed by atoms with Gasteiger partial charge >= 0.3 is 11.9 Å². The highest BCUT2D eigenvalue weighted by Gasteiger charge is 2.22. The molecule has 0 aliphatic carbocycles. The molecule has 1 fully saturated rings. The molecule has 0 spiro atoms. The molecule has 0 aromatic heterocycles. The Labute approximate surface area is 147 Å². The Hall–Kier alpha value is -2.80. The topological polar surface area (TPSA) is 106 Å². The fraction of sp³-hybridized carbons (Fsp3) is 0.333. The molecule has 2 rings (SSSR count). The number of ether oxygens (including phenoxy) is 3. The molecule has 0 amide bonds. The predicted molar refractivity (Wildman–Crippen MR) is 92.5 cm³/mol. The van der Waals surface area contributed by atoms with E-state index in [-0.39, 0.29) is 0 Å². The van der Waals surface area contributed by atoms with Gasteiger partial charge in [-0.25, -0.2) is 9.59 Å². The molecule has 7 heteroatoms. The minimum absolute atomic E-state index is 0.332. The van der Waals surface area contributed by atoms with Crippen LogP contribution in [0.25, 0.3) is 0 Å². The number of hydrogen-bond donors (Lipinski definition) is 2. The molecule has 1 saturated heterocycles. The predicted octanol–water partition coefficient (Wildman–Crippen LogP) is 2.73. The van der Waals surface area contributed by atoms with Crippen LogP contribution in [0.5, 0.6) is 5.75 Å². The number of para-hydroxylation sites is 1. The molecule has 1 aromatic rings. The maximum atomic E-state index is 10.3. The smallest absolute Gasteiger partial charge is 0.372 e.